The summed E-state index contributed by atoms with van der Waals surface area (Å²) in [5.41, 5.74) is 2.74. The van der Waals surface area contributed by atoms with E-state index in [4.69, 9.17) is 4.52 Å². The third kappa shape index (κ3) is 4.62. The molecule has 0 bridgehead atoms. The van der Waals surface area contributed by atoms with Crippen LogP contribution in [0.15, 0.2) is 4.52 Å². The smallest absolute Gasteiger partial charge is 0.324 e. The Morgan fingerprint density at radius 3 is 2.58 bits per heavy atom. The number of nitrogens with one attached hydrogen (secondary N) is 1. The first-order valence-electron chi connectivity index (χ1n) is 11.6. The fourth-order valence-corrected chi connectivity index (χ4v) is 5.11. The van der Waals surface area contributed by atoms with Gasteiger partial charge in [0.05, 0.1) is 12.2 Å². The Kier molecular flexibility index (Phi) is 6.08. The summed E-state index contributed by atoms with van der Waals surface area (Å²) in [6.07, 6.45) is 5.84. The van der Waals surface area contributed by atoms with Gasteiger partial charge in [-0.2, -0.15) is 0 Å². The van der Waals surface area contributed by atoms with E-state index < -0.39 is 0 Å². The zero-order chi connectivity index (χ0) is 22.2. The third-order valence-electron chi connectivity index (χ3n) is 7.23. The number of amides is 4. The van der Waals surface area contributed by atoms with Gasteiger partial charge in [0.25, 0.3) is 0 Å². The van der Waals surface area contributed by atoms with E-state index in [-0.39, 0.29) is 29.8 Å². The monoisotopic (exact) mass is 430 g/mol. The lowest BCUT2D eigenvalue weighted by molar-refractivity contribution is -0.133. The molecule has 8 nitrogen and oxygen atoms in total. The van der Waals surface area contributed by atoms with Crippen LogP contribution in [0.1, 0.15) is 75.8 Å². The summed E-state index contributed by atoms with van der Waals surface area (Å²) in [5, 5.41) is 6.87. The van der Waals surface area contributed by atoms with Crippen molar-refractivity contribution in [1.82, 2.24) is 20.3 Å². The highest BCUT2D eigenvalue weighted by Crippen LogP contribution is 2.41. The Balaban J connectivity index is 1.28. The van der Waals surface area contributed by atoms with Gasteiger partial charge in [-0.05, 0) is 49.9 Å². The molecule has 3 heterocycles. The Bertz CT molecular complexity index is 832. The lowest BCUT2D eigenvalue weighted by Gasteiger charge is -2.35. The number of likely N-dealkylation sites (tertiary alicyclic amines) is 1. The standard InChI is InChI=1S/C23H34N4O4/c1-23(2,3)16-6-7-18-17(13-16)21(31-25-18)15-8-11-26(12-9-15)19(28)5-4-10-27-20(29)14-24-22(27)30/h15-16H,4-14H2,1-3H3,(H,24,30)/t16-/m0/s1. The van der Waals surface area contributed by atoms with E-state index in [1.807, 2.05) is 4.90 Å². The Labute approximate surface area is 183 Å². The van der Waals surface area contributed by atoms with Gasteiger partial charge in [0.15, 0.2) is 0 Å². The van der Waals surface area contributed by atoms with Crippen molar-refractivity contribution in [2.24, 2.45) is 11.3 Å². The molecule has 4 rings (SSSR count). The number of carbonyl (C=O) groups excluding carboxylic acids is 3. The van der Waals surface area contributed by atoms with Crippen molar-refractivity contribution in [3.63, 3.8) is 0 Å². The number of carbonyl (C=O) groups is 3. The second-order valence-electron chi connectivity index (χ2n) is 10.2. The second-order valence-corrected chi connectivity index (χ2v) is 10.2. The van der Waals surface area contributed by atoms with E-state index in [0.29, 0.717) is 44.3 Å². The number of aryl methyl sites for hydroxylation is 1. The molecular formula is C23H34N4O4. The third-order valence-corrected chi connectivity index (χ3v) is 7.23. The van der Waals surface area contributed by atoms with Crippen LogP contribution < -0.4 is 5.32 Å². The van der Waals surface area contributed by atoms with Gasteiger partial charge in [-0.1, -0.05) is 25.9 Å². The molecule has 0 radical (unpaired) electrons. The maximum Gasteiger partial charge on any atom is 0.324 e. The number of imide groups is 1. The molecule has 1 aromatic heterocycles. The quantitative estimate of drug-likeness (QED) is 0.725. The van der Waals surface area contributed by atoms with Gasteiger partial charge < -0.3 is 14.7 Å². The van der Waals surface area contributed by atoms with Crippen molar-refractivity contribution in [1.29, 1.82) is 0 Å². The van der Waals surface area contributed by atoms with Crippen LogP contribution in [0.4, 0.5) is 4.79 Å². The number of hydrogen-bond acceptors (Lipinski definition) is 5. The van der Waals surface area contributed by atoms with E-state index in [1.54, 1.807) is 0 Å². The average molecular weight is 431 g/mol. The van der Waals surface area contributed by atoms with E-state index in [2.05, 4.69) is 31.2 Å². The molecule has 31 heavy (non-hydrogen) atoms. The topological polar surface area (TPSA) is 95.8 Å². The van der Waals surface area contributed by atoms with Gasteiger partial charge in [-0.25, -0.2) is 4.79 Å². The van der Waals surface area contributed by atoms with E-state index in [9.17, 15) is 14.4 Å². The van der Waals surface area contributed by atoms with Crippen molar-refractivity contribution in [3.8, 4) is 0 Å². The fraction of sp³-hybridized carbons (Fsp3) is 0.739. The van der Waals surface area contributed by atoms with Crippen LogP contribution >= 0.6 is 0 Å². The predicted octanol–water partition coefficient (Wildman–Crippen LogP) is 2.86. The molecule has 2 saturated heterocycles. The number of urea groups is 1. The number of nitrogens with zero attached hydrogens (tertiary/aromatic N) is 3. The van der Waals surface area contributed by atoms with Gasteiger partial charge in [0.1, 0.15) is 5.76 Å². The van der Waals surface area contributed by atoms with Crippen LogP contribution in [-0.2, 0) is 22.4 Å². The molecule has 1 atom stereocenters. The minimum Gasteiger partial charge on any atom is -0.361 e. The summed E-state index contributed by atoms with van der Waals surface area (Å²) in [5.74, 6) is 1.89. The minimum atomic E-state index is -0.359. The summed E-state index contributed by atoms with van der Waals surface area (Å²) in [6.45, 7) is 8.72. The number of fused-ring (bicyclic) bond motifs is 1. The molecule has 2 aliphatic heterocycles. The molecule has 0 saturated carbocycles. The Morgan fingerprint density at radius 1 is 1.19 bits per heavy atom. The summed E-state index contributed by atoms with van der Waals surface area (Å²) < 4.78 is 5.83. The summed E-state index contributed by atoms with van der Waals surface area (Å²) in [7, 11) is 0. The van der Waals surface area contributed by atoms with Crippen LogP contribution in [0.3, 0.4) is 0 Å². The largest absolute Gasteiger partial charge is 0.361 e. The lowest BCUT2D eigenvalue weighted by Crippen LogP contribution is -2.39. The summed E-state index contributed by atoms with van der Waals surface area (Å²) >= 11 is 0. The van der Waals surface area contributed by atoms with Gasteiger partial charge in [0, 0.05) is 37.5 Å². The normalized spacial score (nSPS) is 22.6. The fourth-order valence-electron chi connectivity index (χ4n) is 5.11. The number of hydrogen-bond donors (Lipinski definition) is 1. The Morgan fingerprint density at radius 2 is 1.94 bits per heavy atom. The van der Waals surface area contributed by atoms with Crippen molar-refractivity contribution in [2.45, 2.75) is 71.6 Å². The van der Waals surface area contributed by atoms with Crippen LogP contribution in [0.2, 0.25) is 0 Å². The molecule has 0 spiro atoms. The highest BCUT2D eigenvalue weighted by molar-refractivity contribution is 6.01. The number of aromatic nitrogens is 1. The zero-order valence-electron chi connectivity index (χ0n) is 18.9. The number of rotatable bonds is 5. The molecule has 4 amide bonds. The van der Waals surface area contributed by atoms with Crippen LogP contribution in [0.5, 0.6) is 0 Å². The number of piperidine rings is 1. The SMILES string of the molecule is CC(C)(C)[C@H]1CCc2noc(C3CCN(C(=O)CCCN4C(=O)CNC4=O)CC3)c2C1. The predicted molar refractivity (Wildman–Crippen MR) is 114 cm³/mol. The molecule has 0 unspecified atom stereocenters. The van der Waals surface area contributed by atoms with Crippen molar-refractivity contribution >= 4 is 17.8 Å². The van der Waals surface area contributed by atoms with Crippen LogP contribution in [-0.4, -0.2) is 59.0 Å². The van der Waals surface area contributed by atoms with Gasteiger partial charge in [0.2, 0.25) is 11.8 Å². The molecule has 1 N–H and O–H groups in total. The second kappa shape index (κ2) is 8.63. The molecule has 0 aromatic carbocycles. The molecule has 1 aliphatic carbocycles. The highest BCUT2D eigenvalue weighted by atomic mass is 16.5. The van der Waals surface area contributed by atoms with Crippen LogP contribution in [0, 0.1) is 11.3 Å². The minimum absolute atomic E-state index is 0.0577. The highest BCUT2D eigenvalue weighted by Gasteiger charge is 2.35. The molecule has 8 heteroatoms. The van der Waals surface area contributed by atoms with E-state index in [0.717, 1.165) is 37.1 Å². The first-order valence-corrected chi connectivity index (χ1v) is 11.6. The van der Waals surface area contributed by atoms with Crippen LogP contribution in [0.25, 0.3) is 0 Å². The molecule has 170 valence electrons. The van der Waals surface area contributed by atoms with E-state index in [1.165, 1.54) is 16.9 Å². The first-order chi connectivity index (χ1) is 14.7. The summed E-state index contributed by atoms with van der Waals surface area (Å²) in [6, 6.07) is -0.359. The Hall–Kier alpha value is -2.38. The van der Waals surface area contributed by atoms with Crippen molar-refractivity contribution in [3.05, 3.63) is 17.0 Å². The van der Waals surface area contributed by atoms with Gasteiger partial charge >= 0.3 is 6.03 Å². The van der Waals surface area contributed by atoms with Gasteiger partial charge in [-0.3, -0.25) is 14.5 Å². The molecule has 2 fully saturated rings. The van der Waals surface area contributed by atoms with E-state index >= 15 is 0 Å². The maximum absolute atomic E-state index is 12.6. The average Bonchev–Trinajstić information content (AvgIpc) is 3.30. The summed E-state index contributed by atoms with van der Waals surface area (Å²) in [4.78, 5) is 38.9. The molecule has 3 aliphatic rings. The molecular weight excluding hydrogens is 396 g/mol. The van der Waals surface area contributed by atoms with Crippen molar-refractivity contribution < 1.29 is 18.9 Å². The zero-order valence-corrected chi connectivity index (χ0v) is 18.9. The first kappa shape index (κ1) is 21.8. The van der Waals surface area contributed by atoms with Crippen molar-refractivity contribution in [2.75, 3.05) is 26.2 Å². The van der Waals surface area contributed by atoms with Gasteiger partial charge in [-0.15, -0.1) is 0 Å². The lowest BCUT2D eigenvalue weighted by atomic mass is 9.71. The molecule has 1 aromatic rings. The maximum atomic E-state index is 12.6.